The Balaban J connectivity index is 0.00000122. The molecule has 0 bridgehead atoms. The molecule has 2 nitrogen and oxygen atoms in total. The maximum atomic E-state index is 5.52. The van der Waals surface area contributed by atoms with Crippen LogP contribution in [0.25, 0.3) is 10.6 Å². The molecule has 33 heavy (non-hydrogen) atoms. The second-order valence-electron chi connectivity index (χ2n) is 13.6. The zero-order chi connectivity index (χ0) is 24.8. The van der Waals surface area contributed by atoms with Crippen LogP contribution in [0.4, 0.5) is 0 Å². The van der Waals surface area contributed by atoms with Crippen LogP contribution < -0.4 is 0 Å². The molecule has 0 saturated heterocycles. The van der Waals surface area contributed by atoms with Gasteiger partial charge in [0.15, 0.2) is 0 Å². The van der Waals surface area contributed by atoms with Crippen molar-refractivity contribution in [2.75, 3.05) is 0 Å². The van der Waals surface area contributed by atoms with E-state index >= 15 is 0 Å². The fourth-order valence-corrected chi connectivity index (χ4v) is 6.71. The van der Waals surface area contributed by atoms with Crippen molar-refractivity contribution in [1.29, 1.82) is 0 Å². The summed E-state index contributed by atoms with van der Waals surface area (Å²) in [6.07, 6.45) is 13.3. The normalized spacial score (nSPS) is 38.2. The number of hydrogen-bond donors (Lipinski definition) is 0. The van der Waals surface area contributed by atoms with Crippen molar-refractivity contribution >= 4 is 18.6 Å². The Kier molecular flexibility index (Phi) is 12.6. The molecular formula is C28H52Cl2N2Ti-2. The molecule has 0 amide bonds. The van der Waals surface area contributed by atoms with Gasteiger partial charge in [0, 0.05) is 0 Å². The Bertz CT molecular complexity index is 511. The summed E-state index contributed by atoms with van der Waals surface area (Å²) in [7, 11) is 9.78. The zero-order valence-corrected chi connectivity index (χ0v) is 25.9. The average Bonchev–Trinajstić information content (AvgIpc) is 2.71. The van der Waals surface area contributed by atoms with Crippen molar-refractivity contribution in [3.63, 3.8) is 0 Å². The Hall–Kier alpha value is 1.21. The molecule has 0 N–H and O–H groups in total. The Morgan fingerprint density at radius 2 is 0.909 bits per heavy atom. The van der Waals surface area contributed by atoms with Gasteiger partial charge in [0.1, 0.15) is 0 Å². The van der Waals surface area contributed by atoms with E-state index in [9.17, 15) is 0 Å². The molecule has 5 heteroatoms. The monoisotopic (exact) mass is 534 g/mol. The molecule has 3 rings (SSSR count). The predicted molar refractivity (Wildman–Crippen MR) is 144 cm³/mol. The first-order valence-corrected chi connectivity index (χ1v) is 18.0. The maximum absolute atomic E-state index is 5.52. The van der Waals surface area contributed by atoms with Crippen LogP contribution in [-0.4, -0.2) is 24.2 Å². The third-order valence-electron chi connectivity index (χ3n) is 9.16. The molecule has 0 aliphatic heterocycles. The van der Waals surface area contributed by atoms with Gasteiger partial charge in [-0.05, 0) is 35.5 Å². The molecule has 3 aliphatic carbocycles. The minimum atomic E-state index is -0.556. The summed E-state index contributed by atoms with van der Waals surface area (Å²) in [5, 5.41) is 11.0. The molecular weight excluding hydrogens is 483 g/mol. The van der Waals surface area contributed by atoms with Crippen LogP contribution in [0.1, 0.15) is 120 Å². The first-order valence-electron chi connectivity index (χ1n) is 13.7. The van der Waals surface area contributed by atoms with E-state index in [4.69, 9.17) is 29.2 Å². The van der Waals surface area contributed by atoms with E-state index in [1.165, 1.54) is 64.2 Å². The van der Waals surface area contributed by atoms with Gasteiger partial charge in [-0.3, -0.25) is 0 Å². The van der Waals surface area contributed by atoms with Crippen LogP contribution in [0.2, 0.25) is 0 Å². The first kappa shape index (κ1) is 30.4. The van der Waals surface area contributed by atoms with Crippen molar-refractivity contribution in [2.45, 2.75) is 144 Å². The topological polar surface area (TPSA) is 28.2 Å². The van der Waals surface area contributed by atoms with E-state index in [2.05, 4.69) is 55.4 Å². The number of rotatable bonds is 4. The van der Waals surface area contributed by atoms with Crippen molar-refractivity contribution in [3.8, 4) is 0 Å². The Labute approximate surface area is 223 Å². The zero-order valence-electron chi connectivity index (χ0n) is 22.8. The molecule has 3 saturated carbocycles. The van der Waals surface area contributed by atoms with E-state index < -0.39 is 17.0 Å². The molecule has 3 aliphatic rings. The van der Waals surface area contributed by atoms with Crippen molar-refractivity contribution in [2.24, 2.45) is 34.5 Å². The second kappa shape index (κ2) is 13.7. The number of nitrogens with zero attached hydrogens (tertiary/aromatic N) is 2. The first-order chi connectivity index (χ1) is 15.4. The van der Waals surface area contributed by atoms with Gasteiger partial charge in [0.25, 0.3) is 0 Å². The summed E-state index contributed by atoms with van der Waals surface area (Å²) in [4.78, 5) is 0. The average molecular weight is 536 g/mol. The Morgan fingerprint density at radius 3 is 1.18 bits per heavy atom. The van der Waals surface area contributed by atoms with Crippen LogP contribution in [0, 0.1) is 34.5 Å². The summed E-state index contributed by atoms with van der Waals surface area (Å²) in [5.74, 6) is 3.22. The predicted octanol–water partition coefficient (Wildman–Crippen LogP) is 10.1. The third-order valence-corrected chi connectivity index (χ3v) is 9.16. The molecule has 194 valence electrons. The van der Waals surface area contributed by atoms with E-state index in [1.54, 1.807) is 0 Å². The summed E-state index contributed by atoms with van der Waals surface area (Å²) in [6, 6.07) is 2.17. The van der Waals surface area contributed by atoms with Crippen LogP contribution in [0.15, 0.2) is 0 Å². The summed E-state index contributed by atoms with van der Waals surface area (Å²) in [5.41, 5.74) is 0.897. The Morgan fingerprint density at radius 1 is 0.576 bits per heavy atom. The minimum absolute atomic E-state index is 0.448. The summed E-state index contributed by atoms with van der Waals surface area (Å²) >= 11 is -0.556. The fraction of sp³-hybridized carbons (Fsp3) is 1.00. The van der Waals surface area contributed by atoms with Gasteiger partial charge in [0.05, 0.1) is 0 Å². The van der Waals surface area contributed by atoms with Crippen LogP contribution >= 0.6 is 18.6 Å². The van der Waals surface area contributed by atoms with Crippen LogP contribution in [0.5, 0.6) is 0 Å². The molecule has 0 aromatic rings. The molecule has 0 aromatic heterocycles. The number of hydrogen-bond acceptors (Lipinski definition) is 0. The van der Waals surface area contributed by atoms with Gasteiger partial charge in [-0.15, -0.1) is 12.1 Å². The SMILES string of the molecule is CC1CC(C(C)(C)C)CCC1[N-]C1CCCCC1[N-]C1CCC(C(C)(C)C)CC1C.[Cl][Ti][Cl]. The van der Waals surface area contributed by atoms with E-state index in [0.717, 1.165) is 23.7 Å². The molecule has 3 fully saturated rings. The summed E-state index contributed by atoms with van der Waals surface area (Å²) < 4.78 is 0. The van der Waals surface area contributed by atoms with Gasteiger partial charge >= 0.3 is 35.6 Å². The van der Waals surface area contributed by atoms with E-state index in [0.29, 0.717) is 35.0 Å². The van der Waals surface area contributed by atoms with E-state index in [1.807, 2.05) is 0 Å². The van der Waals surface area contributed by atoms with Gasteiger partial charge in [-0.2, -0.15) is 12.1 Å². The standard InChI is InChI=1S/C28H52N2.2ClH.Ti/c1-19-17-21(27(3,4)5)13-15-23(19)29-25-11-9-10-12-26(25)30-24-16-14-22(18-20(24)2)28(6,7)8;;;/h19-26H,9-18H2,1-8H3;2*1H;/q-2;;;+2/p-2. The van der Waals surface area contributed by atoms with Gasteiger partial charge in [-0.1, -0.05) is 119 Å². The third kappa shape index (κ3) is 9.55. The molecule has 0 spiro atoms. The van der Waals surface area contributed by atoms with Gasteiger partial charge in [0.2, 0.25) is 0 Å². The molecule has 0 aromatic carbocycles. The summed E-state index contributed by atoms with van der Waals surface area (Å²) in [6.45, 7) is 19.5. The van der Waals surface area contributed by atoms with Crippen molar-refractivity contribution in [3.05, 3.63) is 10.6 Å². The van der Waals surface area contributed by atoms with Crippen LogP contribution in [-0.2, 0) is 17.0 Å². The molecule has 8 unspecified atom stereocenters. The van der Waals surface area contributed by atoms with Crippen LogP contribution in [0.3, 0.4) is 0 Å². The second-order valence-corrected chi connectivity index (χ2v) is 16.2. The van der Waals surface area contributed by atoms with Crippen molar-refractivity contribution in [1.82, 2.24) is 0 Å². The molecule has 8 atom stereocenters. The van der Waals surface area contributed by atoms with Gasteiger partial charge < -0.3 is 10.6 Å². The quantitative estimate of drug-likeness (QED) is 0.321. The van der Waals surface area contributed by atoms with Gasteiger partial charge in [-0.25, -0.2) is 0 Å². The number of halogens is 2. The molecule has 0 radical (unpaired) electrons. The van der Waals surface area contributed by atoms with Crippen molar-refractivity contribution < 1.29 is 17.0 Å². The fourth-order valence-electron chi connectivity index (χ4n) is 6.71. The van der Waals surface area contributed by atoms with E-state index in [-0.39, 0.29) is 0 Å². The molecule has 0 heterocycles.